The predicted octanol–water partition coefficient (Wildman–Crippen LogP) is 4.80. The Morgan fingerprint density at radius 3 is 0.870 bits per heavy atom. The molecule has 0 fully saturated rings. The summed E-state index contributed by atoms with van der Waals surface area (Å²) in [4.78, 5) is 0. The maximum atomic E-state index is 2.23. The quantitative estimate of drug-likeness (QED) is 0.602. The maximum Gasteiger partial charge on any atom is -0.0134 e. The smallest absolute Gasteiger partial charge is 0.0134 e. The molecular formula is C21H24P2. The van der Waals surface area contributed by atoms with Crippen LogP contribution in [0, 0.1) is 0 Å². The second kappa shape index (κ2) is 9.61. The average molecular weight is 338 g/mol. The molecule has 0 radical (unpaired) electrons. The fraction of sp³-hybridized carbons (Fsp3) is 0.143. The van der Waals surface area contributed by atoms with Crippen molar-refractivity contribution < 1.29 is 0 Å². The highest BCUT2D eigenvalue weighted by Crippen LogP contribution is 2.32. The molecule has 0 heterocycles. The lowest BCUT2D eigenvalue weighted by molar-refractivity contribution is 1.74. The topological polar surface area (TPSA) is 0 Å². The molecule has 3 aromatic carbocycles. The zero-order valence-corrected chi connectivity index (χ0v) is 15.8. The molecule has 0 bridgehead atoms. The van der Waals surface area contributed by atoms with Crippen LogP contribution in [0.5, 0.6) is 0 Å². The zero-order chi connectivity index (χ0) is 16.5. The lowest BCUT2D eigenvalue weighted by atomic mass is 10.4. The SMILES string of the molecule is CP(C)C.c1ccc(P(c2ccccc2)c2ccccc2)cc1. The number of benzene rings is 3. The molecule has 0 aliphatic rings. The third-order valence-electron chi connectivity index (χ3n) is 3.04. The minimum atomic E-state index is -0.446. The summed E-state index contributed by atoms with van der Waals surface area (Å²) in [5.74, 6) is 0. The Morgan fingerprint density at radius 1 is 0.435 bits per heavy atom. The molecule has 0 spiro atoms. The Hall–Kier alpha value is -1.48. The molecule has 2 heteroatoms. The van der Waals surface area contributed by atoms with Gasteiger partial charge in [0, 0.05) is 0 Å². The number of hydrogen-bond donors (Lipinski definition) is 0. The first-order chi connectivity index (χ1) is 11.2. The van der Waals surface area contributed by atoms with Gasteiger partial charge in [-0.25, -0.2) is 0 Å². The van der Waals surface area contributed by atoms with Crippen LogP contribution in [-0.4, -0.2) is 20.0 Å². The van der Waals surface area contributed by atoms with Gasteiger partial charge in [-0.3, -0.25) is 0 Å². The molecule has 3 aromatic rings. The minimum Gasteiger partial charge on any atom is -0.116 e. The second-order valence-electron chi connectivity index (χ2n) is 5.68. The van der Waals surface area contributed by atoms with Crippen LogP contribution in [0.25, 0.3) is 0 Å². The van der Waals surface area contributed by atoms with Crippen molar-refractivity contribution in [2.75, 3.05) is 20.0 Å². The fourth-order valence-electron chi connectivity index (χ4n) is 2.18. The van der Waals surface area contributed by atoms with Crippen molar-refractivity contribution in [1.29, 1.82) is 0 Å². The molecule has 23 heavy (non-hydrogen) atoms. The van der Waals surface area contributed by atoms with Crippen molar-refractivity contribution in [1.82, 2.24) is 0 Å². The molecule has 0 aliphatic carbocycles. The van der Waals surface area contributed by atoms with E-state index in [1.807, 2.05) is 0 Å². The monoisotopic (exact) mass is 338 g/mol. The second-order valence-corrected chi connectivity index (χ2v) is 10.6. The van der Waals surface area contributed by atoms with Crippen molar-refractivity contribution in [3.8, 4) is 0 Å². The van der Waals surface area contributed by atoms with Crippen molar-refractivity contribution in [3.63, 3.8) is 0 Å². The third kappa shape index (κ3) is 5.91. The van der Waals surface area contributed by atoms with E-state index in [-0.39, 0.29) is 0 Å². The molecule has 0 aliphatic heterocycles. The van der Waals surface area contributed by atoms with Crippen LogP contribution in [0.15, 0.2) is 91.0 Å². The van der Waals surface area contributed by atoms with Crippen LogP contribution in [0.2, 0.25) is 0 Å². The van der Waals surface area contributed by atoms with Crippen molar-refractivity contribution in [3.05, 3.63) is 91.0 Å². The molecule has 0 N–H and O–H groups in total. The molecule has 0 aromatic heterocycles. The Morgan fingerprint density at radius 2 is 0.652 bits per heavy atom. The van der Waals surface area contributed by atoms with Gasteiger partial charge < -0.3 is 0 Å². The number of rotatable bonds is 3. The van der Waals surface area contributed by atoms with Gasteiger partial charge in [-0.1, -0.05) is 91.0 Å². The Labute approximate surface area is 143 Å². The van der Waals surface area contributed by atoms with E-state index in [1.165, 1.54) is 15.9 Å². The first kappa shape index (κ1) is 17.9. The summed E-state index contributed by atoms with van der Waals surface area (Å²) in [5.41, 5.74) is 0. The zero-order valence-electron chi connectivity index (χ0n) is 14.1. The summed E-state index contributed by atoms with van der Waals surface area (Å²) in [5, 5.41) is 4.19. The normalized spacial score (nSPS) is 10.3. The van der Waals surface area contributed by atoms with Crippen molar-refractivity contribution >= 4 is 31.8 Å². The standard InChI is InChI=1S/C18H15P.C3H9P/c1-4-10-16(11-5-1)19(17-12-6-2-7-13-17)18-14-8-3-9-15-18;1-4(2)3/h1-15H;1-3H3. The average Bonchev–Trinajstić information content (AvgIpc) is 2.58. The largest absolute Gasteiger partial charge is 0.116 e. The van der Waals surface area contributed by atoms with E-state index >= 15 is 0 Å². The number of hydrogen-bond acceptors (Lipinski definition) is 0. The first-order valence-corrected chi connectivity index (χ1v) is 11.8. The molecule has 118 valence electrons. The maximum absolute atomic E-state index is 2.23. The van der Waals surface area contributed by atoms with E-state index in [1.54, 1.807) is 0 Å². The molecule has 0 nitrogen and oxygen atoms in total. The van der Waals surface area contributed by atoms with E-state index in [0.29, 0.717) is 7.92 Å². The molecule has 0 amide bonds. The van der Waals surface area contributed by atoms with Gasteiger partial charge >= 0.3 is 0 Å². The predicted molar refractivity (Wildman–Crippen MR) is 110 cm³/mol. The third-order valence-corrected chi connectivity index (χ3v) is 5.49. The summed E-state index contributed by atoms with van der Waals surface area (Å²) in [6, 6.07) is 32.3. The molecular weight excluding hydrogens is 314 g/mol. The summed E-state index contributed by atoms with van der Waals surface area (Å²) in [7, 11) is -0.0664. The molecule has 0 saturated heterocycles. The summed E-state index contributed by atoms with van der Waals surface area (Å²) >= 11 is 0. The Balaban J connectivity index is 0.000000433. The van der Waals surface area contributed by atoms with Gasteiger partial charge in [0.05, 0.1) is 0 Å². The highest BCUT2D eigenvalue weighted by atomic mass is 31.1. The van der Waals surface area contributed by atoms with E-state index in [2.05, 4.69) is 111 Å². The fourth-order valence-corrected chi connectivity index (χ4v) is 4.48. The van der Waals surface area contributed by atoms with Crippen LogP contribution in [-0.2, 0) is 0 Å². The van der Waals surface area contributed by atoms with Gasteiger partial charge in [0.1, 0.15) is 0 Å². The van der Waals surface area contributed by atoms with Gasteiger partial charge in [-0.05, 0) is 43.8 Å². The highest BCUT2D eigenvalue weighted by molar-refractivity contribution is 7.79. The molecule has 0 atom stereocenters. The summed E-state index contributed by atoms with van der Waals surface area (Å²) in [6.45, 7) is 6.69. The van der Waals surface area contributed by atoms with Crippen LogP contribution < -0.4 is 15.9 Å². The highest BCUT2D eigenvalue weighted by Gasteiger charge is 2.14. The van der Waals surface area contributed by atoms with Crippen LogP contribution in [0.3, 0.4) is 0 Å². The lowest BCUT2D eigenvalue weighted by Crippen LogP contribution is -2.20. The summed E-state index contributed by atoms with van der Waals surface area (Å²) in [6.07, 6.45) is 0. The Kier molecular flexibility index (Phi) is 7.47. The minimum absolute atomic E-state index is 0.380. The van der Waals surface area contributed by atoms with Crippen LogP contribution in [0.4, 0.5) is 0 Å². The van der Waals surface area contributed by atoms with Gasteiger partial charge in [-0.15, -0.1) is 7.92 Å². The van der Waals surface area contributed by atoms with Crippen molar-refractivity contribution in [2.45, 2.75) is 0 Å². The van der Waals surface area contributed by atoms with Gasteiger partial charge in [-0.2, -0.15) is 0 Å². The first-order valence-electron chi connectivity index (χ1n) is 7.74. The van der Waals surface area contributed by atoms with Crippen LogP contribution in [0.1, 0.15) is 0 Å². The molecule has 0 unspecified atom stereocenters. The van der Waals surface area contributed by atoms with E-state index in [0.717, 1.165) is 0 Å². The van der Waals surface area contributed by atoms with Crippen molar-refractivity contribution in [2.24, 2.45) is 0 Å². The Bertz CT molecular complexity index is 567. The molecule has 0 saturated carbocycles. The van der Waals surface area contributed by atoms with Crippen LogP contribution >= 0.6 is 15.8 Å². The van der Waals surface area contributed by atoms with Gasteiger partial charge in [0.2, 0.25) is 0 Å². The van der Waals surface area contributed by atoms with E-state index in [9.17, 15) is 0 Å². The lowest BCUT2D eigenvalue weighted by Gasteiger charge is -2.18. The summed E-state index contributed by atoms with van der Waals surface area (Å²) < 4.78 is 0. The van der Waals surface area contributed by atoms with E-state index in [4.69, 9.17) is 0 Å². The van der Waals surface area contributed by atoms with Gasteiger partial charge in [0.25, 0.3) is 0 Å². The molecule has 3 rings (SSSR count). The van der Waals surface area contributed by atoms with Gasteiger partial charge in [0.15, 0.2) is 0 Å². The van der Waals surface area contributed by atoms with E-state index < -0.39 is 7.92 Å².